The minimum absolute atomic E-state index is 0.000367. The van der Waals surface area contributed by atoms with Crippen molar-refractivity contribution in [2.75, 3.05) is 12.3 Å². The maximum absolute atomic E-state index is 13.1. The molecule has 4 rings (SSSR count). The van der Waals surface area contributed by atoms with Crippen LogP contribution >= 0.6 is 35.7 Å². The second-order valence-corrected chi connectivity index (χ2v) is 11.1. The summed E-state index contributed by atoms with van der Waals surface area (Å²) in [6.07, 6.45) is 8.39. The molecule has 7 heteroatoms. The van der Waals surface area contributed by atoms with Gasteiger partial charge in [0.05, 0.1) is 16.3 Å². The highest BCUT2D eigenvalue weighted by Crippen LogP contribution is 2.35. The van der Waals surface area contributed by atoms with E-state index < -0.39 is 0 Å². The molecular weight excluding hydrogens is 479 g/mol. The molecule has 1 saturated heterocycles. The Morgan fingerprint density at radius 1 is 1.03 bits per heavy atom. The number of thioether (sulfide) groups is 2. The topological polar surface area (TPSA) is 38.1 Å². The van der Waals surface area contributed by atoms with E-state index in [1.54, 1.807) is 4.90 Å². The van der Waals surface area contributed by atoms with Gasteiger partial charge in [0.25, 0.3) is 5.91 Å². The Balaban J connectivity index is 1.66. The molecule has 1 fully saturated rings. The SMILES string of the molecule is CCCCCCN1C(=O)/C(=C/c2cn(-c3ccccc3)nc2-c2ccc(SCC)cc2)SC1=S. The van der Waals surface area contributed by atoms with E-state index in [2.05, 4.69) is 38.1 Å². The fourth-order valence-corrected chi connectivity index (χ4v) is 5.80. The standard InChI is InChI=1S/C27H29N3OS3/c1-3-5-6-10-17-29-26(31)24(34-27(29)32)18-21-19-30(22-11-8-7-9-12-22)28-25(21)20-13-15-23(16-14-20)33-4-2/h7-9,11-16,18-19H,3-6,10,17H2,1-2H3/b24-18-. The number of para-hydroxylation sites is 1. The summed E-state index contributed by atoms with van der Waals surface area (Å²) in [5, 5.41) is 4.90. The number of aromatic nitrogens is 2. The first-order valence-electron chi connectivity index (χ1n) is 11.7. The summed E-state index contributed by atoms with van der Waals surface area (Å²) in [6.45, 7) is 5.03. The Morgan fingerprint density at radius 2 is 1.79 bits per heavy atom. The highest BCUT2D eigenvalue weighted by atomic mass is 32.2. The van der Waals surface area contributed by atoms with E-state index in [1.807, 2.05) is 59.0 Å². The molecule has 176 valence electrons. The number of benzene rings is 2. The van der Waals surface area contributed by atoms with Crippen molar-refractivity contribution < 1.29 is 4.79 Å². The second-order valence-electron chi connectivity index (χ2n) is 8.06. The molecule has 0 aliphatic carbocycles. The van der Waals surface area contributed by atoms with E-state index in [0.717, 1.165) is 41.1 Å². The Morgan fingerprint density at radius 3 is 2.50 bits per heavy atom. The van der Waals surface area contributed by atoms with Crippen LogP contribution in [0, 0.1) is 0 Å². The molecule has 2 heterocycles. The van der Waals surface area contributed by atoms with E-state index in [9.17, 15) is 4.79 Å². The average molecular weight is 508 g/mol. The Kier molecular flexibility index (Phi) is 8.64. The number of nitrogens with zero attached hydrogens (tertiary/aromatic N) is 3. The quantitative estimate of drug-likeness (QED) is 0.123. The van der Waals surface area contributed by atoms with Crippen LogP contribution in [0.2, 0.25) is 0 Å². The van der Waals surface area contributed by atoms with Gasteiger partial charge in [-0.25, -0.2) is 4.68 Å². The molecule has 0 radical (unpaired) electrons. The number of unbranched alkanes of at least 4 members (excludes halogenated alkanes) is 3. The number of carbonyl (C=O) groups excluding carboxylic acids is 1. The molecule has 0 N–H and O–H groups in total. The molecule has 2 aromatic carbocycles. The molecule has 4 nitrogen and oxygen atoms in total. The lowest BCUT2D eigenvalue weighted by Crippen LogP contribution is -2.29. The van der Waals surface area contributed by atoms with Crippen molar-refractivity contribution in [3.05, 3.63) is 71.3 Å². The number of hydrogen-bond acceptors (Lipinski definition) is 5. The lowest BCUT2D eigenvalue weighted by atomic mass is 10.1. The number of thiocarbonyl (C=S) groups is 1. The third-order valence-corrected chi connectivity index (χ3v) is 7.87. The summed E-state index contributed by atoms with van der Waals surface area (Å²) in [4.78, 5) is 16.8. The van der Waals surface area contributed by atoms with Crippen LogP contribution in [0.1, 0.15) is 45.1 Å². The van der Waals surface area contributed by atoms with Crippen LogP contribution in [-0.2, 0) is 4.79 Å². The zero-order chi connectivity index (χ0) is 23.9. The lowest BCUT2D eigenvalue weighted by Gasteiger charge is -2.13. The normalized spacial score (nSPS) is 15.0. The van der Waals surface area contributed by atoms with E-state index in [4.69, 9.17) is 17.3 Å². The van der Waals surface area contributed by atoms with Crippen molar-refractivity contribution in [2.45, 2.75) is 44.4 Å². The minimum Gasteiger partial charge on any atom is -0.293 e. The van der Waals surface area contributed by atoms with Gasteiger partial charge in [-0.1, -0.05) is 87.4 Å². The van der Waals surface area contributed by atoms with Crippen LogP contribution in [0.15, 0.2) is 70.6 Å². The van der Waals surface area contributed by atoms with Gasteiger partial charge in [0, 0.05) is 28.8 Å². The van der Waals surface area contributed by atoms with Crippen LogP contribution in [0.3, 0.4) is 0 Å². The minimum atomic E-state index is -0.000367. The third kappa shape index (κ3) is 5.82. The first kappa shape index (κ1) is 24.8. The van der Waals surface area contributed by atoms with E-state index in [1.165, 1.54) is 29.5 Å². The number of hydrogen-bond donors (Lipinski definition) is 0. The Labute approximate surface area is 215 Å². The van der Waals surface area contributed by atoms with Crippen LogP contribution in [0.5, 0.6) is 0 Å². The van der Waals surface area contributed by atoms with Crippen LogP contribution in [0.4, 0.5) is 0 Å². The van der Waals surface area contributed by atoms with E-state index >= 15 is 0 Å². The number of carbonyl (C=O) groups is 1. The van der Waals surface area contributed by atoms with Gasteiger partial charge in [0.1, 0.15) is 4.32 Å². The summed E-state index contributed by atoms with van der Waals surface area (Å²) in [5.41, 5.74) is 3.76. The summed E-state index contributed by atoms with van der Waals surface area (Å²) >= 11 is 8.74. The number of rotatable bonds is 10. The van der Waals surface area contributed by atoms with Crippen molar-refractivity contribution in [1.82, 2.24) is 14.7 Å². The van der Waals surface area contributed by atoms with Gasteiger partial charge in [-0.3, -0.25) is 9.69 Å². The van der Waals surface area contributed by atoms with Crippen molar-refractivity contribution in [3.8, 4) is 16.9 Å². The van der Waals surface area contributed by atoms with Gasteiger partial charge in [-0.05, 0) is 42.5 Å². The second kappa shape index (κ2) is 11.9. The van der Waals surface area contributed by atoms with E-state index in [0.29, 0.717) is 15.8 Å². The maximum atomic E-state index is 13.1. The predicted octanol–water partition coefficient (Wildman–Crippen LogP) is 7.43. The van der Waals surface area contributed by atoms with Crippen LogP contribution in [-0.4, -0.2) is 37.2 Å². The van der Waals surface area contributed by atoms with Crippen molar-refractivity contribution in [2.24, 2.45) is 0 Å². The van der Waals surface area contributed by atoms with Gasteiger partial charge < -0.3 is 0 Å². The zero-order valence-corrected chi connectivity index (χ0v) is 22.0. The predicted molar refractivity (Wildman–Crippen MR) is 149 cm³/mol. The Bertz CT molecular complexity index is 1170. The fraction of sp³-hybridized carbons (Fsp3) is 0.296. The monoisotopic (exact) mass is 507 g/mol. The molecule has 1 aliphatic heterocycles. The molecule has 0 bridgehead atoms. The smallest absolute Gasteiger partial charge is 0.266 e. The van der Waals surface area contributed by atoms with Gasteiger partial charge in [0.2, 0.25) is 0 Å². The van der Waals surface area contributed by atoms with E-state index in [-0.39, 0.29) is 5.91 Å². The van der Waals surface area contributed by atoms with Crippen LogP contribution in [0.25, 0.3) is 23.0 Å². The maximum Gasteiger partial charge on any atom is 0.266 e. The van der Waals surface area contributed by atoms with Crippen molar-refractivity contribution >= 4 is 52.0 Å². The number of amides is 1. The highest BCUT2D eigenvalue weighted by molar-refractivity contribution is 8.26. The first-order chi connectivity index (χ1) is 16.6. The molecule has 0 spiro atoms. The fourth-order valence-electron chi connectivity index (χ4n) is 3.84. The van der Waals surface area contributed by atoms with Crippen molar-refractivity contribution in [1.29, 1.82) is 0 Å². The van der Waals surface area contributed by atoms with Gasteiger partial charge in [-0.15, -0.1) is 11.8 Å². The molecule has 1 amide bonds. The molecule has 0 saturated carbocycles. The third-order valence-electron chi connectivity index (χ3n) is 5.60. The van der Waals surface area contributed by atoms with Gasteiger partial charge in [-0.2, -0.15) is 5.10 Å². The summed E-state index contributed by atoms with van der Waals surface area (Å²) in [7, 11) is 0. The molecule has 34 heavy (non-hydrogen) atoms. The van der Waals surface area contributed by atoms with Gasteiger partial charge in [0.15, 0.2) is 0 Å². The molecular formula is C27H29N3OS3. The molecule has 0 unspecified atom stereocenters. The highest BCUT2D eigenvalue weighted by Gasteiger charge is 2.32. The zero-order valence-electron chi connectivity index (χ0n) is 19.6. The van der Waals surface area contributed by atoms with Crippen LogP contribution < -0.4 is 0 Å². The largest absolute Gasteiger partial charge is 0.293 e. The van der Waals surface area contributed by atoms with Crippen molar-refractivity contribution in [3.63, 3.8) is 0 Å². The molecule has 3 aromatic rings. The first-order valence-corrected chi connectivity index (χ1v) is 14.0. The average Bonchev–Trinajstić information content (AvgIpc) is 3.39. The molecule has 1 aromatic heterocycles. The van der Waals surface area contributed by atoms with Gasteiger partial charge >= 0.3 is 0 Å². The Hall–Kier alpha value is -2.35. The summed E-state index contributed by atoms with van der Waals surface area (Å²) in [5.74, 6) is 1.03. The molecule has 1 aliphatic rings. The molecule has 0 atom stereocenters. The lowest BCUT2D eigenvalue weighted by molar-refractivity contribution is -0.122. The summed E-state index contributed by atoms with van der Waals surface area (Å²) in [6, 6.07) is 18.5. The summed E-state index contributed by atoms with van der Waals surface area (Å²) < 4.78 is 2.52.